The summed E-state index contributed by atoms with van der Waals surface area (Å²) in [6, 6.07) is 5.41. The number of carboxylic acids is 1. The average molecular weight is 190 g/mol. The van der Waals surface area contributed by atoms with Crippen LogP contribution < -0.4 is 4.74 Å². The van der Waals surface area contributed by atoms with Gasteiger partial charge < -0.3 is 9.84 Å². The van der Waals surface area contributed by atoms with E-state index in [0.29, 0.717) is 11.3 Å². The van der Waals surface area contributed by atoms with Gasteiger partial charge in [0.25, 0.3) is 0 Å². The number of hydrogen-bond acceptors (Lipinski definition) is 2. The van der Waals surface area contributed by atoms with Crippen LogP contribution in [0, 0.1) is 18.8 Å². The lowest BCUT2D eigenvalue weighted by Crippen LogP contribution is -1.91. The molecule has 1 N–H and O–H groups in total. The molecule has 72 valence electrons. The third-order valence-electron chi connectivity index (χ3n) is 1.66. The van der Waals surface area contributed by atoms with E-state index >= 15 is 0 Å². The first-order chi connectivity index (χ1) is 6.63. The molecule has 0 bridgehead atoms. The van der Waals surface area contributed by atoms with Crippen molar-refractivity contribution < 1.29 is 14.6 Å². The predicted octanol–water partition coefficient (Wildman–Crippen LogP) is 1.44. The molecule has 0 aromatic heterocycles. The van der Waals surface area contributed by atoms with Gasteiger partial charge in [-0.05, 0) is 24.6 Å². The normalized spacial score (nSPS) is 8.71. The smallest absolute Gasteiger partial charge is 0.382 e. The average Bonchev–Trinajstić information content (AvgIpc) is 2.15. The number of hydrogen-bond donors (Lipinski definition) is 1. The monoisotopic (exact) mass is 190 g/mol. The topological polar surface area (TPSA) is 46.5 Å². The molecule has 0 fully saturated rings. The fourth-order valence-electron chi connectivity index (χ4n) is 1.02. The highest BCUT2D eigenvalue weighted by Crippen LogP contribution is 2.18. The van der Waals surface area contributed by atoms with Gasteiger partial charge in [0.15, 0.2) is 0 Å². The van der Waals surface area contributed by atoms with Crippen molar-refractivity contribution in [3.63, 3.8) is 0 Å². The minimum atomic E-state index is -1.15. The Morgan fingerprint density at radius 2 is 2.21 bits per heavy atom. The lowest BCUT2D eigenvalue weighted by atomic mass is 10.1. The lowest BCUT2D eigenvalue weighted by Gasteiger charge is -2.03. The van der Waals surface area contributed by atoms with Gasteiger partial charge in [0.05, 0.1) is 12.7 Å². The zero-order chi connectivity index (χ0) is 10.6. The van der Waals surface area contributed by atoms with Crippen molar-refractivity contribution in [1.82, 2.24) is 0 Å². The molecule has 0 atom stereocenters. The molecule has 0 aliphatic heterocycles. The highest BCUT2D eigenvalue weighted by atomic mass is 16.5. The van der Waals surface area contributed by atoms with E-state index in [1.54, 1.807) is 6.07 Å². The molecule has 0 spiro atoms. The molecule has 3 heteroatoms. The molecular weight excluding hydrogens is 180 g/mol. The molecule has 0 saturated heterocycles. The van der Waals surface area contributed by atoms with Gasteiger partial charge >= 0.3 is 5.97 Å². The molecule has 0 aliphatic rings. The van der Waals surface area contributed by atoms with E-state index in [-0.39, 0.29) is 0 Å². The van der Waals surface area contributed by atoms with E-state index in [0.717, 1.165) is 5.56 Å². The molecule has 1 aromatic rings. The molecule has 1 aromatic carbocycles. The van der Waals surface area contributed by atoms with Crippen molar-refractivity contribution in [3.05, 3.63) is 29.3 Å². The minimum absolute atomic E-state index is 0.584. The molecule has 1 rings (SSSR count). The third-order valence-corrected chi connectivity index (χ3v) is 1.66. The van der Waals surface area contributed by atoms with E-state index in [1.165, 1.54) is 7.11 Å². The Bertz CT molecular complexity index is 410. The molecule has 14 heavy (non-hydrogen) atoms. The van der Waals surface area contributed by atoms with Crippen molar-refractivity contribution in [2.75, 3.05) is 7.11 Å². The van der Waals surface area contributed by atoms with Crippen molar-refractivity contribution in [3.8, 4) is 17.6 Å². The number of aryl methyl sites for hydroxylation is 1. The van der Waals surface area contributed by atoms with Crippen LogP contribution in [0.2, 0.25) is 0 Å². The van der Waals surface area contributed by atoms with Crippen LogP contribution in [0.3, 0.4) is 0 Å². The van der Waals surface area contributed by atoms with Crippen molar-refractivity contribution >= 4 is 5.97 Å². The van der Waals surface area contributed by atoms with Gasteiger partial charge in [0.1, 0.15) is 5.75 Å². The first-order valence-corrected chi connectivity index (χ1v) is 4.03. The maximum absolute atomic E-state index is 10.2. The second-order valence-corrected chi connectivity index (χ2v) is 2.76. The Kier molecular flexibility index (Phi) is 3.14. The molecule has 3 nitrogen and oxygen atoms in total. The van der Waals surface area contributed by atoms with Crippen LogP contribution in [0.1, 0.15) is 11.1 Å². The Balaban J connectivity index is 3.10. The summed E-state index contributed by atoms with van der Waals surface area (Å²) in [4.78, 5) is 10.2. The van der Waals surface area contributed by atoms with Crippen molar-refractivity contribution in [2.45, 2.75) is 6.92 Å². The highest BCUT2D eigenvalue weighted by Gasteiger charge is 1.99. The van der Waals surface area contributed by atoms with Crippen LogP contribution >= 0.6 is 0 Å². The number of rotatable bonds is 1. The molecule has 0 aliphatic carbocycles. The van der Waals surface area contributed by atoms with Gasteiger partial charge in [-0.1, -0.05) is 12.0 Å². The summed E-state index contributed by atoms with van der Waals surface area (Å²) in [6.45, 7) is 1.93. The Hall–Kier alpha value is -1.95. The standard InChI is InChI=1S/C11H10O3/c1-8-3-4-9(5-6-11(12)13)10(7-8)14-2/h3-4,7H,1-2H3,(H,12,13). The number of benzene rings is 1. The van der Waals surface area contributed by atoms with Gasteiger partial charge in [0, 0.05) is 5.92 Å². The fourth-order valence-corrected chi connectivity index (χ4v) is 1.02. The van der Waals surface area contributed by atoms with Crippen LogP contribution in [0.5, 0.6) is 5.75 Å². The minimum Gasteiger partial charge on any atom is -0.495 e. The molecule has 0 saturated carbocycles. The van der Waals surface area contributed by atoms with Gasteiger partial charge in [-0.2, -0.15) is 0 Å². The lowest BCUT2D eigenvalue weighted by molar-refractivity contribution is -0.130. The third kappa shape index (κ3) is 2.53. The second-order valence-electron chi connectivity index (χ2n) is 2.76. The van der Waals surface area contributed by atoms with Gasteiger partial charge in [-0.25, -0.2) is 4.79 Å². The van der Waals surface area contributed by atoms with Crippen LogP contribution in [0.15, 0.2) is 18.2 Å². The number of carboxylic acid groups (broad SMARTS) is 1. The van der Waals surface area contributed by atoms with E-state index in [2.05, 4.69) is 5.92 Å². The molecule has 0 radical (unpaired) electrons. The first kappa shape index (κ1) is 10.1. The number of carbonyl (C=O) groups is 1. The van der Waals surface area contributed by atoms with Crippen LogP contribution in [0.4, 0.5) is 0 Å². The zero-order valence-electron chi connectivity index (χ0n) is 8.00. The molecule has 0 unspecified atom stereocenters. The summed E-state index contributed by atoms with van der Waals surface area (Å²) in [5.74, 6) is 4.01. The van der Waals surface area contributed by atoms with Crippen molar-refractivity contribution in [2.24, 2.45) is 0 Å². The van der Waals surface area contributed by atoms with E-state index < -0.39 is 5.97 Å². The summed E-state index contributed by atoms with van der Waals surface area (Å²) in [5, 5.41) is 8.38. The fraction of sp³-hybridized carbons (Fsp3) is 0.182. The quantitative estimate of drug-likeness (QED) is 0.681. The maximum Gasteiger partial charge on any atom is 0.382 e. The number of ether oxygens (including phenoxy) is 1. The van der Waals surface area contributed by atoms with E-state index in [4.69, 9.17) is 9.84 Å². The summed E-state index contributed by atoms with van der Waals surface area (Å²) in [7, 11) is 1.53. The second kappa shape index (κ2) is 4.33. The van der Waals surface area contributed by atoms with Crippen LogP contribution in [-0.2, 0) is 4.79 Å². The maximum atomic E-state index is 10.2. The first-order valence-electron chi connectivity index (χ1n) is 4.03. The zero-order valence-corrected chi connectivity index (χ0v) is 8.00. The SMILES string of the molecule is COc1cc(C)ccc1C#CC(=O)O. The van der Waals surface area contributed by atoms with Gasteiger partial charge in [-0.3, -0.25) is 0 Å². The predicted molar refractivity (Wildman–Crippen MR) is 52.2 cm³/mol. The van der Waals surface area contributed by atoms with Crippen LogP contribution in [-0.4, -0.2) is 18.2 Å². The molecule has 0 amide bonds. The summed E-state index contributed by atoms with van der Waals surface area (Å²) in [6.07, 6.45) is 0. The summed E-state index contributed by atoms with van der Waals surface area (Å²) >= 11 is 0. The van der Waals surface area contributed by atoms with E-state index in [1.807, 2.05) is 25.0 Å². The van der Waals surface area contributed by atoms with Crippen molar-refractivity contribution in [1.29, 1.82) is 0 Å². The van der Waals surface area contributed by atoms with E-state index in [9.17, 15) is 4.79 Å². The van der Waals surface area contributed by atoms with Gasteiger partial charge in [0.2, 0.25) is 0 Å². The summed E-state index contributed by atoms with van der Waals surface area (Å²) in [5.41, 5.74) is 1.63. The Morgan fingerprint density at radius 1 is 1.50 bits per heavy atom. The van der Waals surface area contributed by atoms with Gasteiger partial charge in [-0.15, -0.1) is 0 Å². The number of methoxy groups -OCH3 is 1. The van der Waals surface area contributed by atoms with Crippen LogP contribution in [0.25, 0.3) is 0 Å². The summed E-state index contributed by atoms with van der Waals surface area (Å²) < 4.78 is 5.06. The largest absolute Gasteiger partial charge is 0.495 e. The Morgan fingerprint density at radius 3 is 2.79 bits per heavy atom. The Labute approximate surface area is 82.3 Å². The number of aliphatic carboxylic acids is 1. The highest BCUT2D eigenvalue weighted by molar-refractivity contribution is 5.87. The molecular formula is C11H10O3. The molecule has 0 heterocycles.